The number of rotatable bonds is 29. The molecule has 3 unspecified atom stereocenters. The van der Waals surface area contributed by atoms with Crippen LogP contribution in [-0.2, 0) is 44.9 Å². The molecule has 1 aliphatic rings. The standard InChI is InChI=1S/C50H80IN9O10/c1-12-14-26-50(51,25-13-2)36-29-39(62)60(46(36)66)28-17-15-16-20-38(61)56-40(31(3)4)44(64)55-37(19-18-27-53-48(52)68)43(63)54-35-23-21-34(22-24-35)30-70-49(69)59(11)42(33(7)8)45(65)57-41(32(5)6)47(67)58(9)10/h12,14,21-24,31-33,36-37,40-42H,13,15-20,25-30H2,1-11H3,(H,54,63)(H,55,64)(H,56,61)(H,57,65)(H3,52,53,68)/b14-12-/t36?,37-,40?,41-,42-,50?/m0/s1. The highest BCUT2D eigenvalue weighted by atomic mass is 127. The first-order valence-corrected chi connectivity index (χ1v) is 25.5. The fourth-order valence-electron chi connectivity index (χ4n) is 8.26. The SMILES string of the molecule is C/C=C\CC(I)(CCC)C1CC(=O)N(CCCCCC(=O)NC(C(=O)N[C@@H](CCCNC(N)=O)C(=O)Nc2ccc(COC(=O)N(C)[C@H](C(=O)N[C@H](C(=O)N(C)C)C(C)C)C(C)C)cc2)C(C)C)C1=O. The Hall–Kier alpha value is -5.28. The summed E-state index contributed by atoms with van der Waals surface area (Å²) in [7, 11) is 4.67. The maximum Gasteiger partial charge on any atom is 0.410 e. The van der Waals surface area contributed by atoms with Gasteiger partial charge >= 0.3 is 12.1 Å². The molecule has 20 heteroatoms. The van der Waals surface area contributed by atoms with E-state index >= 15 is 0 Å². The number of nitrogens with zero attached hydrogens (tertiary/aromatic N) is 3. The lowest BCUT2D eigenvalue weighted by Crippen LogP contribution is -2.57. The number of carbonyl (C=O) groups excluding carboxylic acids is 9. The molecule has 19 nitrogen and oxygen atoms in total. The van der Waals surface area contributed by atoms with Crippen molar-refractivity contribution in [2.24, 2.45) is 29.4 Å². The third kappa shape index (κ3) is 19.1. The van der Waals surface area contributed by atoms with Gasteiger partial charge < -0.3 is 42.0 Å². The summed E-state index contributed by atoms with van der Waals surface area (Å²) in [5.41, 5.74) is 6.17. The van der Waals surface area contributed by atoms with Crippen molar-refractivity contribution in [1.29, 1.82) is 0 Å². The first-order chi connectivity index (χ1) is 32.9. The number of alkyl halides is 1. The molecule has 10 amide bonds. The second-order valence-electron chi connectivity index (χ2n) is 19.3. The maximum atomic E-state index is 13.7. The number of imide groups is 1. The summed E-state index contributed by atoms with van der Waals surface area (Å²) in [5.74, 6) is -3.74. The predicted octanol–water partition coefficient (Wildman–Crippen LogP) is 5.40. The summed E-state index contributed by atoms with van der Waals surface area (Å²) >= 11 is 2.36. The lowest BCUT2D eigenvalue weighted by Gasteiger charge is -2.32. The number of nitrogens with one attached hydrogen (secondary N) is 5. The number of urea groups is 1. The van der Waals surface area contributed by atoms with E-state index in [0.29, 0.717) is 30.5 Å². The van der Waals surface area contributed by atoms with E-state index in [9.17, 15) is 43.2 Å². The Morgan fingerprint density at radius 1 is 0.857 bits per heavy atom. The van der Waals surface area contributed by atoms with Crippen molar-refractivity contribution in [3.05, 3.63) is 42.0 Å². The van der Waals surface area contributed by atoms with E-state index in [2.05, 4.69) is 62.2 Å². The molecule has 1 aliphatic heterocycles. The first-order valence-electron chi connectivity index (χ1n) is 24.5. The Bertz CT molecular complexity index is 1980. The molecule has 1 aromatic carbocycles. The third-order valence-corrected chi connectivity index (χ3v) is 14.0. The van der Waals surface area contributed by atoms with Crippen molar-refractivity contribution >= 4 is 81.8 Å². The molecule has 70 heavy (non-hydrogen) atoms. The van der Waals surface area contributed by atoms with Crippen molar-refractivity contribution in [2.45, 2.75) is 154 Å². The van der Waals surface area contributed by atoms with E-state index in [1.807, 2.05) is 26.8 Å². The Morgan fingerprint density at radius 2 is 1.50 bits per heavy atom. The number of hydrogen-bond donors (Lipinski definition) is 6. The van der Waals surface area contributed by atoms with E-state index in [0.717, 1.165) is 19.3 Å². The zero-order valence-electron chi connectivity index (χ0n) is 43.2. The number of likely N-dealkylation sites (tertiary alicyclic amines) is 1. The molecule has 0 aliphatic carbocycles. The van der Waals surface area contributed by atoms with Crippen LogP contribution in [0, 0.1) is 23.7 Å². The van der Waals surface area contributed by atoms with Gasteiger partial charge in [0, 0.05) is 56.2 Å². The fourth-order valence-corrected chi connectivity index (χ4v) is 9.54. The van der Waals surface area contributed by atoms with Gasteiger partial charge in [0.05, 0.1) is 5.92 Å². The van der Waals surface area contributed by atoms with Gasteiger partial charge in [-0.2, -0.15) is 0 Å². The molecule has 0 saturated carbocycles. The highest BCUT2D eigenvalue weighted by Crippen LogP contribution is 2.43. The Kier molecular flexibility index (Phi) is 25.9. The van der Waals surface area contributed by atoms with Gasteiger partial charge in [0.15, 0.2) is 0 Å². The van der Waals surface area contributed by atoms with Gasteiger partial charge in [-0.15, -0.1) is 0 Å². The van der Waals surface area contributed by atoms with Gasteiger partial charge in [-0.25, -0.2) is 9.59 Å². The number of unbranched alkanes of at least 4 members (excludes halogenated alkanes) is 2. The molecule has 0 bridgehead atoms. The second-order valence-corrected chi connectivity index (χ2v) is 21.4. The fraction of sp³-hybridized carbons (Fsp3) is 0.660. The number of primary amides is 1. The third-order valence-electron chi connectivity index (χ3n) is 12.2. The van der Waals surface area contributed by atoms with Crippen LogP contribution >= 0.6 is 22.6 Å². The summed E-state index contributed by atoms with van der Waals surface area (Å²) in [6.45, 7) is 15.1. The number of anilines is 1. The maximum absolute atomic E-state index is 13.7. The number of ether oxygens (including phenoxy) is 1. The smallest absolute Gasteiger partial charge is 0.410 e. The van der Waals surface area contributed by atoms with Crippen molar-refractivity contribution in [3.63, 3.8) is 0 Å². The average molecular weight is 1090 g/mol. The summed E-state index contributed by atoms with van der Waals surface area (Å²) < 4.78 is 5.22. The molecule has 1 saturated heterocycles. The van der Waals surface area contributed by atoms with Crippen molar-refractivity contribution < 1.29 is 47.9 Å². The minimum absolute atomic E-state index is 0.112. The highest BCUT2D eigenvalue weighted by Gasteiger charge is 2.48. The van der Waals surface area contributed by atoms with Gasteiger partial charge in [0.2, 0.25) is 41.4 Å². The van der Waals surface area contributed by atoms with Crippen molar-refractivity contribution in [1.82, 2.24) is 36.0 Å². The minimum atomic E-state index is -1.07. The van der Waals surface area contributed by atoms with E-state index in [1.165, 1.54) is 21.7 Å². The Balaban J connectivity index is 2.02. The second kappa shape index (κ2) is 29.8. The quantitative estimate of drug-likeness (QED) is 0.0196. The van der Waals surface area contributed by atoms with Crippen molar-refractivity contribution in [3.8, 4) is 0 Å². The number of halogens is 1. The molecule has 1 fully saturated rings. The van der Waals surface area contributed by atoms with E-state index in [1.54, 1.807) is 66.1 Å². The van der Waals surface area contributed by atoms with Gasteiger partial charge in [-0.1, -0.05) is 108 Å². The van der Waals surface area contributed by atoms with Gasteiger partial charge in [0.1, 0.15) is 30.8 Å². The lowest BCUT2D eigenvalue weighted by atomic mass is 9.84. The average Bonchev–Trinajstić information content (AvgIpc) is 3.58. The predicted molar refractivity (Wildman–Crippen MR) is 277 cm³/mol. The van der Waals surface area contributed by atoms with Crippen LogP contribution in [0.2, 0.25) is 0 Å². The number of amides is 10. The Morgan fingerprint density at radius 3 is 2.06 bits per heavy atom. The molecule has 1 heterocycles. The van der Waals surface area contributed by atoms with E-state index < -0.39 is 54.0 Å². The molecule has 1 aromatic rings. The number of carbonyl (C=O) groups is 9. The molecule has 0 aromatic heterocycles. The zero-order chi connectivity index (χ0) is 52.9. The summed E-state index contributed by atoms with van der Waals surface area (Å²) in [6, 6.07) is 1.99. The van der Waals surface area contributed by atoms with Crippen LogP contribution in [0.4, 0.5) is 15.3 Å². The normalized spacial score (nSPS) is 16.3. The van der Waals surface area contributed by atoms with Crippen molar-refractivity contribution in [2.75, 3.05) is 39.5 Å². The van der Waals surface area contributed by atoms with E-state index in [4.69, 9.17) is 10.5 Å². The first kappa shape index (κ1) is 60.8. The molecular weight excluding hydrogens is 1010 g/mol. The molecule has 2 rings (SSSR count). The number of benzene rings is 1. The van der Waals surface area contributed by atoms with Crippen LogP contribution in [0.5, 0.6) is 0 Å². The molecular formula is C50H80IN9O10. The Labute approximate surface area is 428 Å². The zero-order valence-corrected chi connectivity index (χ0v) is 45.3. The van der Waals surface area contributed by atoms with Gasteiger partial charge in [0.25, 0.3) is 0 Å². The topological polar surface area (TPSA) is 259 Å². The van der Waals surface area contributed by atoms with Crippen LogP contribution in [-0.4, -0.2) is 130 Å². The van der Waals surface area contributed by atoms with Crippen LogP contribution in [0.15, 0.2) is 36.4 Å². The summed E-state index contributed by atoms with van der Waals surface area (Å²) in [6.07, 6.45) is 8.03. The van der Waals surface area contributed by atoms with E-state index in [-0.39, 0.29) is 96.1 Å². The largest absolute Gasteiger partial charge is 0.445 e. The minimum Gasteiger partial charge on any atom is -0.445 e. The number of nitrogens with two attached hydrogens (primary N) is 1. The monoisotopic (exact) mass is 1090 g/mol. The van der Waals surface area contributed by atoms with Crippen LogP contribution in [0.1, 0.15) is 125 Å². The lowest BCUT2D eigenvalue weighted by molar-refractivity contribution is -0.140. The molecule has 0 radical (unpaired) electrons. The molecule has 7 N–H and O–H groups in total. The van der Waals surface area contributed by atoms with Crippen LogP contribution < -0.4 is 32.3 Å². The van der Waals surface area contributed by atoms with Gasteiger partial charge in [-0.3, -0.25) is 43.4 Å². The number of likely N-dealkylation sites (N-methyl/N-ethyl adjacent to an activating group) is 2. The highest BCUT2D eigenvalue weighted by molar-refractivity contribution is 14.1. The summed E-state index contributed by atoms with van der Waals surface area (Å²) in [5, 5.41) is 13.6. The number of allylic oxidation sites excluding steroid dienone is 2. The molecule has 6 atom stereocenters. The number of hydrogen-bond acceptors (Lipinski definition) is 10. The van der Waals surface area contributed by atoms with Crippen LogP contribution in [0.3, 0.4) is 0 Å². The molecule has 0 spiro atoms. The summed E-state index contributed by atoms with van der Waals surface area (Å²) in [4.78, 5) is 121. The molecule has 392 valence electrons. The van der Waals surface area contributed by atoms with Gasteiger partial charge in [-0.05, 0) is 80.9 Å². The van der Waals surface area contributed by atoms with Crippen LogP contribution in [0.25, 0.3) is 0 Å².